The van der Waals surface area contributed by atoms with Gasteiger partial charge in [-0.25, -0.2) is 14.4 Å². The molecular formula is C13H19NO10S. The SMILES string of the molecule is CCOC(=O)[C@H](CSC(=O)OCOC(C)=O)NC(=O)OCOC(C)=O. The van der Waals surface area contributed by atoms with Crippen molar-refractivity contribution in [1.82, 2.24) is 5.32 Å². The van der Waals surface area contributed by atoms with E-state index in [1.165, 1.54) is 0 Å². The second-order valence-electron chi connectivity index (χ2n) is 4.09. The van der Waals surface area contributed by atoms with Gasteiger partial charge in [-0.2, -0.15) is 0 Å². The van der Waals surface area contributed by atoms with Crippen molar-refractivity contribution in [3.63, 3.8) is 0 Å². The Labute approximate surface area is 147 Å². The molecule has 0 spiro atoms. The van der Waals surface area contributed by atoms with E-state index in [0.717, 1.165) is 13.8 Å². The molecule has 0 aliphatic carbocycles. The van der Waals surface area contributed by atoms with Gasteiger partial charge in [0, 0.05) is 19.6 Å². The molecule has 1 amide bonds. The Morgan fingerprint density at radius 2 is 1.44 bits per heavy atom. The standard InChI is InChI=1S/C13H19NO10S/c1-4-20-11(17)10(14-12(18)23-6-21-8(2)15)5-25-13(19)24-7-22-9(3)16/h10H,4-7H2,1-3H3,(H,14,18)/t10-/m0/s1. The topological polar surface area (TPSA) is 144 Å². The van der Waals surface area contributed by atoms with Crippen molar-refractivity contribution in [2.24, 2.45) is 0 Å². The summed E-state index contributed by atoms with van der Waals surface area (Å²) >= 11 is 0.552. The number of hydrogen-bond acceptors (Lipinski definition) is 11. The van der Waals surface area contributed by atoms with Crippen LogP contribution in [0.2, 0.25) is 0 Å². The maximum atomic E-state index is 11.8. The molecule has 1 atom stereocenters. The summed E-state index contributed by atoms with van der Waals surface area (Å²) < 4.78 is 22.7. The van der Waals surface area contributed by atoms with E-state index in [4.69, 9.17) is 4.74 Å². The molecule has 0 rings (SSSR count). The van der Waals surface area contributed by atoms with Crippen LogP contribution in [0.15, 0.2) is 0 Å². The van der Waals surface area contributed by atoms with Crippen LogP contribution in [0.3, 0.4) is 0 Å². The number of esters is 3. The first-order chi connectivity index (χ1) is 11.8. The molecule has 0 unspecified atom stereocenters. The predicted molar refractivity (Wildman–Crippen MR) is 82.2 cm³/mol. The lowest BCUT2D eigenvalue weighted by Crippen LogP contribution is -2.44. The lowest BCUT2D eigenvalue weighted by Gasteiger charge is -2.16. The van der Waals surface area contributed by atoms with Crippen LogP contribution in [-0.4, -0.2) is 61.3 Å². The van der Waals surface area contributed by atoms with Gasteiger partial charge in [0.1, 0.15) is 6.04 Å². The minimum absolute atomic E-state index is 0.0566. The van der Waals surface area contributed by atoms with Crippen molar-refractivity contribution in [2.45, 2.75) is 26.8 Å². The van der Waals surface area contributed by atoms with Crippen LogP contribution in [0.5, 0.6) is 0 Å². The molecule has 0 bridgehead atoms. The predicted octanol–water partition coefficient (Wildman–Crippen LogP) is 0.555. The fourth-order valence-electron chi connectivity index (χ4n) is 1.11. The highest BCUT2D eigenvalue weighted by Crippen LogP contribution is 2.09. The number of ether oxygens (including phenoxy) is 5. The first kappa shape index (κ1) is 22.5. The summed E-state index contributed by atoms with van der Waals surface area (Å²) in [4.78, 5) is 55.8. The lowest BCUT2D eigenvalue weighted by molar-refractivity contribution is -0.150. The molecule has 0 aliphatic rings. The van der Waals surface area contributed by atoms with Gasteiger partial charge in [0.25, 0.3) is 0 Å². The van der Waals surface area contributed by atoms with Gasteiger partial charge < -0.3 is 29.0 Å². The quantitative estimate of drug-likeness (QED) is 0.340. The molecule has 1 N–H and O–H groups in total. The number of rotatable bonds is 9. The summed E-state index contributed by atoms with van der Waals surface area (Å²) in [5, 5.41) is 1.34. The zero-order valence-corrected chi connectivity index (χ0v) is 14.7. The Balaban J connectivity index is 4.40. The van der Waals surface area contributed by atoms with E-state index in [0.29, 0.717) is 11.8 Å². The second kappa shape index (κ2) is 12.9. The number of alkyl carbamates (subject to hydrolysis) is 1. The van der Waals surface area contributed by atoms with Crippen molar-refractivity contribution < 1.29 is 47.7 Å². The van der Waals surface area contributed by atoms with Crippen molar-refractivity contribution in [2.75, 3.05) is 25.9 Å². The average Bonchev–Trinajstić information content (AvgIpc) is 2.50. The molecule has 0 aromatic heterocycles. The molecule has 0 saturated carbocycles. The van der Waals surface area contributed by atoms with Crippen LogP contribution < -0.4 is 5.32 Å². The highest BCUT2D eigenvalue weighted by molar-refractivity contribution is 8.13. The van der Waals surface area contributed by atoms with Gasteiger partial charge in [-0.15, -0.1) is 0 Å². The van der Waals surface area contributed by atoms with E-state index in [1.54, 1.807) is 6.92 Å². The van der Waals surface area contributed by atoms with Crippen LogP contribution in [0.1, 0.15) is 20.8 Å². The first-order valence-corrected chi connectivity index (χ1v) is 7.91. The molecule has 12 heteroatoms. The number of hydrogen-bond donors (Lipinski definition) is 1. The summed E-state index contributed by atoms with van der Waals surface area (Å²) in [6.45, 7) is 2.69. The number of carbonyl (C=O) groups excluding carboxylic acids is 5. The van der Waals surface area contributed by atoms with Gasteiger partial charge in [-0.3, -0.25) is 9.59 Å². The van der Waals surface area contributed by atoms with Crippen LogP contribution in [0.25, 0.3) is 0 Å². The van der Waals surface area contributed by atoms with Crippen LogP contribution in [0.4, 0.5) is 9.59 Å². The fourth-order valence-corrected chi connectivity index (χ4v) is 1.77. The smallest absolute Gasteiger partial charge is 0.410 e. The summed E-state index contributed by atoms with van der Waals surface area (Å²) in [6, 6.07) is -1.21. The third-order valence-corrected chi connectivity index (χ3v) is 2.98. The third kappa shape index (κ3) is 12.6. The summed E-state index contributed by atoms with van der Waals surface area (Å²) in [6.07, 6.45) is -1.05. The van der Waals surface area contributed by atoms with Crippen molar-refractivity contribution >= 4 is 41.1 Å². The van der Waals surface area contributed by atoms with Gasteiger partial charge in [0.15, 0.2) is 0 Å². The minimum atomic E-state index is -1.21. The maximum absolute atomic E-state index is 11.8. The maximum Gasteiger partial charge on any atom is 0.410 e. The molecule has 0 aromatic carbocycles. The van der Waals surface area contributed by atoms with E-state index >= 15 is 0 Å². The largest absolute Gasteiger partial charge is 0.464 e. The lowest BCUT2D eigenvalue weighted by atomic mass is 10.3. The summed E-state index contributed by atoms with van der Waals surface area (Å²) in [5.74, 6) is -2.30. The number of carbonyl (C=O) groups is 5. The molecular weight excluding hydrogens is 362 g/mol. The van der Waals surface area contributed by atoms with Crippen molar-refractivity contribution in [3.05, 3.63) is 0 Å². The Hall–Kier alpha value is -2.50. The Morgan fingerprint density at radius 3 is 1.96 bits per heavy atom. The molecule has 0 aliphatic heterocycles. The fraction of sp³-hybridized carbons (Fsp3) is 0.615. The molecule has 0 radical (unpaired) electrons. The average molecular weight is 381 g/mol. The Morgan fingerprint density at radius 1 is 0.880 bits per heavy atom. The van der Waals surface area contributed by atoms with E-state index in [2.05, 4.69) is 24.3 Å². The highest BCUT2D eigenvalue weighted by atomic mass is 32.2. The third-order valence-electron chi connectivity index (χ3n) is 2.12. The van der Waals surface area contributed by atoms with Crippen LogP contribution in [0, 0.1) is 0 Å². The summed E-state index contributed by atoms with van der Waals surface area (Å²) in [5.41, 5.74) is 0. The first-order valence-electron chi connectivity index (χ1n) is 6.92. The van der Waals surface area contributed by atoms with E-state index < -0.39 is 48.9 Å². The highest BCUT2D eigenvalue weighted by Gasteiger charge is 2.24. The van der Waals surface area contributed by atoms with E-state index in [1.807, 2.05) is 0 Å². The molecule has 142 valence electrons. The van der Waals surface area contributed by atoms with Crippen LogP contribution in [-0.2, 0) is 38.1 Å². The molecule has 11 nitrogen and oxygen atoms in total. The Kier molecular flexibility index (Phi) is 11.6. The summed E-state index contributed by atoms with van der Waals surface area (Å²) in [7, 11) is 0. The molecule has 0 heterocycles. The molecule has 0 saturated heterocycles. The van der Waals surface area contributed by atoms with Gasteiger partial charge in [-0.1, -0.05) is 0 Å². The molecule has 0 aromatic rings. The number of nitrogens with one attached hydrogen (secondary N) is 1. The van der Waals surface area contributed by atoms with Gasteiger partial charge in [0.2, 0.25) is 13.6 Å². The van der Waals surface area contributed by atoms with Gasteiger partial charge in [-0.05, 0) is 18.7 Å². The normalized spacial score (nSPS) is 10.8. The van der Waals surface area contributed by atoms with Gasteiger partial charge in [0.05, 0.1) is 6.61 Å². The Bertz CT molecular complexity index is 495. The zero-order chi connectivity index (χ0) is 19.2. The number of thioether (sulfide) groups is 1. The molecule has 0 fully saturated rings. The van der Waals surface area contributed by atoms with Crippen molar-refractivity contribution in [3.8, 4) is 0 Å². The second-order valence-corrected chi connectivity index (χ2v) is 5.05. The minimum Gasteiger partial charge on any atom is -0.464 e. The van der Waals surface area contributed by atoms with E-state index in [-0.39, 0.29) is 12.4 Å². The molecule has 25 heavy (non-hydrogen) atoms. The van der Waals surface area contributed by atoms with E-state index in [9.17, 15) is 24.0 Å². The monoisotopic (exact) mass is 381 g/mol. The zero-order valence-electron chi connectivity index (χ0n) is 13.9. The van der Waals surface area contributed by atoms with Crippen molar-refractivity contribution in [1.29, 1.82) is 0 Å². The van der Waals surface area contributed by atoms with Crippen LogP contribution >= 0.6 is 11.8 Å². The van der Waals surface area contributed by atoms with Gasteiger partial charge >= 0.3 is 29.3 Å². The number of amides is 1.